The normalized spacial score (nSPS) is 18.5. The fraction of sp³-hybridized carbons (Fsp3) is 0.368. The van der Waals surface area contributed by atoms with Gasteiger partial charge in [-0.2, -0.15) is 0 Å². The van der Waals surface area contributed by atoms with Crippen LogP contribution < -0.4 is 11.1 Å². The molecule has 0 unspecified atom stereocenters. The number of carbonyl (C=O) groups excluding carboxylic acids is 3. The van der Waals surface area contributed by atoms with Crippen LogP contribution in [0.3, 0.4) is 0 Å². The highest BCUT2D eigenvalue weighted by molar-refractivity contribution is 9.10. The highest BCUT2D eigenvalue weighted by Crippen LogP contribution is 2.32. The van der Waals surface area contributed by atoms with Gasteiger partial charge in [0.05, 0.1) is 12.0 Å². The molecule has 1 heterocycles. The van der Waals surface area contributed by atoms with Crippen molar-refractivity contribution in [3.05, 3.63) is 45.7 Å². The first-order valence-corrected chi connectivity index (χ1v) is 10.1. The summed E-state index contributed by atoms with van der Waals surface area (Å²) < 4.78 is 40.6. The van der Waals surface area contributed by atoms with Crippen molar-refractivity contribution < 1.29 is 27.6 Å². The van der Waals surface area contributed by atoms with Crippen molar-refractivity contribution in [1.82, 2.24) is 14.9 Å². The molecule has 0 aliphatic heterocycles. The molecule has 0 bridgehead atoms. The van der Waals surface area contributed by atoms with Gasteiger partial charge in [-0.15, -0.1) is 0 Å². The molecule has 8 nitrogen and oxygen atoms in total. The molecule has 3 amide bonds. The predicted molar refractivity (Wildman–Crippen MR) is 108 cm³/mol. The lowest BCUT2D eigenvalue weighted by Crippen LogP contribution is -2.41. The van der Waals surface area contributed by atoms with Crippen LogP contribution in [-0.2, 0) is 4.79 Å². The number of primary amides is 1. The lowest BCUT2D eigenvalue weighted by atomic mass is 9.84. The van der Waals surface area contributed by atoms with Crippen molar-refractivity contribution in [3.8, 4) is 0 Å². The minimum Gasteiger partial charge on any atom is -0.364 e. The lowest BCUT2D eigenvalue weighted by molar-refractivity contribution is -0.121. The van der Waals surface area contributed by atoms with Gasteiger partial charge < -0.3 is 20.9 Å². The largest absolute Gasteiger partial charge is 0.364 e. The van der Waals surface area contributed by atoms with Crippen LogP contribution in [0, 0.1) is 23.4 Å². The molecule has 3 rings (SSSR count). The number of nitrogens with zero attached hydrogens (tertiary/aromatic N) is 2. The van der Waals surface area contributed by atoms with Gasteiger partial charge >= 0.3 is 0 Å². The molecule has 1 aromatic heterocycles. The monoisotopic (exact) mass is 501 g/mol. The molecule has 0 radical (unpaired) electrons. The number of hydrogen-bond acceptors (Lipinski definition) is 4. The topological polar surface area (TPSA) is 121 Å². The van der Waals surface area contributed by atoms with E-state index in [1.165, 1.54) is 11.2 Å². The van der Waals surface area contributed by atoms with E-state index in [0.29, 0.717) is 25.7 Å². The summed E-state index contributed by atoms with van der Waals surface area (Å²) in [4.78, 5) is 44.4. The minimum atomic E-state index is -1.67. The predicted octanol–water partition coefficient (Wildman–Crippen LogP) is 2.96. The summed E-state index contributed by atoms with van der Waals surface area (Å²) >= 11 is 2.92. The number of anilines is 1. The Bertz CT molecular complexity index is 1040. The minimum absolute atomic E-state index is 0.00599. The second kappa shape index (κ2) is 9.08. The zero-order valence-electron chi connectivity index (χ0n) is 16.3. The number of imidazole rings is 1. The number of hydrogen-bond donors (Lipinski definition) is 3. The van der Waals surface area contributed by atoms with Crippen molar-refractivity contribution in [2.24, 2.45) is 11.7 Å². The summed E-state index contributed by atoms with van der Waals surface area (Å²) in [6.07, 6.45) is 2.94. The molecule has 1 saturated carbocycles. The van der Waals surface area contributed by atoms with Crippen molar-refractivity contribution in [1.29, 1.82) is 0 Å². The van der Waals surface area contributed by atoms with Crippen LogP contribution in [0.4, 0.5) is 18.9 Å². The van der Waals surface area contributed by atoms with E-state index in [0.717, 1.165) is 6.07 Å². The Morgan fingerprint density at radius 1 is 1.19 bits per heavy atom. The van der Waals surface area contributed by atoms with Gasteiger partial charge in [-0.3, -0.25) is 14.4 Å². The molecule has 1 aliphatic rings. The first-order chi connectivity index (χ1) is 14.6. The lowest BCUT2D eigenvalue weighted by Gasteiger charge is -2.34. The van der Waals surface area contributed by atoms with Crippen LogP contribution >= 0.6 is 15.9 Å². The third kappa shape index (κ3) is 4.58. The maximum Gasteiger partial charge on any atom is 0.272 e. The van der Waals surface area contributed by atoms with Crippen LogP contribution in [0.15, 0.2) is 16.9 Å². The zero-order valence-corrected chi connectivity index (χ0v) is 17.9. The maximum atomic E-state index is 14.0. The van der Waals surface area contributed by atoms with E-state index in [9.17, 15) is 27.6 Å². The second-order valence-electron chi connectivity index (χ2n) is 7.24. The van der Waals surface area contributed by atoms with E-state index in [4.69, 9.17) is 5.73 Å². The molecule has 12 heteroatoms. The van der Waals surface area contributed by atoms with Crippen LogP contribution in [0.5, 0.6) is 0 Å². The Hall–Kier alpha value is -2.89. The van der Waals surface area contributed by atoms with Gasteiger partial charge in [-0.25, -0.2) is 18.2 Å². The van der Waals surface area contributed by atoms with E-state index in [2.05, 4.69) is 31.2 Å². The number of aromatic nitrogens is 2. The van der Waals surface area contributed by atoms with Gasteiger partial charge in [0.1, 0.15) is 5.69 Å². The van der Waals surface area contributed by atoms with Gasteiger partial charge in [0.2, 0.25) is 5.91 Å². The standard InChI is InChI=1S/C19H19BrF3N5O3/c1-28(19(31)16-15(17(24)29)25-7-26-16)9-4-2-8(3-5-9)18(30)27-14-10(20)6-11(21)12(22)13(14)23/h6-9H,2-5H2,1H3,(H2,24,29)(H,25,26)(H,27,30). The Morgan fingerprint density at radius 2 is 1.84 bits per heavy atom. The molecule has 4 N–H and O–H groups in total. The second-order valence-corrected chi connectivity index (χ2v) is 8.10. The number of H-pyrrole nitrogens is 1. The quantitative estimate of drug-likeness (QED) is 0.430. The highest BCUT2D eigenvalue weighted by atomic mass is 79.9. The summed E-state index contributed by atoms with van der Waals surface area (Å²) in [5.41, 5.74) is 4.60. The fourth-order valence-corrected chi connectivity index (χ4v) is 4.09. The van der Waals surface area contributed by atoms with Crippen molar-refractivity contribution in [2.75, 3.05) is 12.4 Å². The van der Waals surface area contributed by atoms with E-state index in [1.54, 1.807) is 7.05 Å². The molecule has 1 fully saturated rings. The number of nitrogens with two attached hydrogens (primary N) is 1. The van der Waals surface area contributed by atoms with Crippen molar-refractivity contribution in [3.63, 3.8) is 0 Å². The summed E-state index contributed by atoms with van der Waals surface area (Å²) in [6, 6.07) is 0.536. The van der Waals surface area contributed by atoms with E-state index < -0.39 is 46.8 Å². The first-order valence-electron chi connectivity index (χ1n) is 9.36. The molecular weight excluding hydrogens is 483 g/mol. The molecule has 166 valence electrons. The smallest absolute Gasteiger partial charge is 0.272 e. The number of carbonyl (C=O) groups is 3. The van der Waals surface area contributed by atoms with Crippen LogP contribution in [-0.4, -0.2) is 45.7 Å². The molecule has 1 aliphatic carbocycles. The fourth-order valence-electron chi connectivity index (χ4n) is 3.62. The SMILES string of the molecule is CN(C(=O)c1[nH]cnc1C(N)=O)C1CCC(C(=O)Nc2c(Br)cc(F)c(F)c2F)CC1. The van der Waals surface area contributed by atoms with Gasteiger partial charge in [-0.05, 0) is 47.7 Å². The average Bonchev–Trinajstić information content (AvgIpc) is 3.24. The summed E-state index contributed by atoms with van der Waals surface area (Å²) in [7, 11) is 1.58. The molecule has 2 aromatic rings. The Labute approximate surface area is 183 Å². The third-order valence-electron chi connectivity index (χ3n) is 5.38. The zero-order chi connectivity index (χ0) is 22.9. The molecule has 0 spiro atoms. The van der Waals surface area contributed by atoms with Gasteiger partial charge in [0.15, 0.2) is 23.1 Å². The van der Waals surface area contributed by atoms with Crippen LogP contribution in [0.2, 0.25) is 0 Å². The highest BCUT2D eigenvalue weighted by Gasteiger charge is 2.32. The number of amides is 3. The van der Waals surface area contributed by atoms with Crippen molar-refractivity contribution >= 4 is 39.3 Å². The first kappa shape index (κ1) is 22.8. The number of halogens is 4. The number of nitrogens with one attached hydrogen (secondary N) is 2. The number of aromatic amines is 1. The molecule has 0 atom stereocenters. The number of benzene rings is 1. The van der Waals surface area contributed by atoms with Crippen molar-refractivity contribution in [2.45, 2.75) is 31.7 Å². The van der Waals surface area contributed by atoms with E-state index in [1.807, 2.05) is 0 Å². The summed E-state index contributed by atoms with van der Waals surface area (Å²) in [5.74, 6) is -6.82. The maximum absolute atomic E-state index is 14.0. The Balaban J connectivity index is 1.62. The van der Waals surface area contributed by atoms with Crippen LogP contribution in [0.25, 0.3) is 0 Å². The third-order valence-corrected chi connectivity index (χ3v) is 6.01. The van der Waals surface area contributed by atoms with E-state index >= 15 is 0 Å². The van der Waals surface area contributed by atoms with Gasteiger partial charge in [-0.1, -0.05) is 0 Å². The Kier molecular flexibility index (Phi) is 6.68. The molecular formula is C19H19BrF3N5O3. The average molecular weight is 502 g/mol. The van der Waals surface area contributed by atoms with E-state index in [-0.39, 0.29) is 21.9 Å². The van der Waals surface area contributed by atoms with Gasteiger partial charge in [0, 0.05) is 23.5 Å². The summed E-state index contributed by atoms with van der Waals surface area (Å²) in [5, 5.41) is 2.31. The number of rotatable bonds is 5. The Morgan fingerprint density at radius 3 is 2.45 bits per heavy atom. The van der Waals surface area contributed by atoms with Crippen LogP contribution in [0.1, 0.15) is 46.7 Å². The van der Waals surface area contributed by atoms with Gasteiger partial charge in [0.25, 0.3) is 11.8 Å². The molecule has 31 heavy (non-hydrogen) atoms. The molecule has 0 saturated heterocycles. The molecule has 1 aromatic carbocycles. The summed E-state index contributed by atoms with van der Waals surface area (Å²) in [6.45, 7) is 0.